The van der Waals surface area contributed by atoms with Crippen molar-refractivity contribution >= 4 is 11.9 Å². The fourth-order valence-corrected chi connectivity index (χ4v) is 8.66. The zero-order chi connectivity index (χ0) is 44.5. The highest BCUT2D eigenvalue weighted by atomic mass is 16.5. The Balaban J connectivity index is 4.45. The molecule has 0 saturated carbocycles. The van der Waals surface area contributed by atoms with Gasteiger partial charge in [0.05, 0.1) is 25.2 Å². The van der Waals surface area contributed by atoms with E-state index in [0.717, 1.165) is 44.9 Å². The molecule has 0 fully saturated rings. The minimum absolute atomic E-state index is 0.0842. The average Bonchev–Trinajstić information content (AvgIpc) is 3.25. The molecule has 6 heteroatoms. The SMILES string of the molecule is CCCCCCCC/C=C/CCCCCCCCCCCC(=O)OC(CCCCCCCCCCCCCC)CC(=O)NC(CO)C(O)CCCCCCCCCCCCC. The fourth-order valence-electron chi connectivity index (χ4n) is 8.66. The van der Waals surface area contributed by atoms with Crippen LogP contribution in [0.1, 0.15) is 303 Å². The normalized spacial score (nSPS) is 13.2. The Morgan fingerprint density at radius 1 is 0.459 bits per heavy atom. The molecule has 0 aromatic heterocycles. The van der Waals surface area contributed by atoms with Crippen LogP contribution in [-0.4, -0.2) is 46.9 Å². The monoisotopic (exact) mass is 862 g/mol. The van der Waals surface area contributed by atoms with Crippen molar-refractivity contribution in [2.24, 2.45) is 0 Å². The van der Waals surface area contributed by atoms with Gasteiger partial charge in [-0.3, -0.25) is 9.59 Å². The lowest BCUT2D eigenvalue weighted by Crippen LogP contribution is -2.46. The summed E-state index contributed by atoms with van der Waals surface area (Å²) in [5.74, 6) is -0.457. The second-order valence-corrected chi connectivity index (χ2v) is 19.0. The Labute approximate surface area is 380 Å². The van der Waals surface area contributed by atoms with Crippen molar-refractivity contribution in [2.45, 2.75) is 322 Å². The largest absolute Gasteiger partial charge is 0.462 e. The van der Waals surface area contributed by atoms with E-state index in [4.69, 9.17) is 4.74 Å². The molecule has 0 aromatic carbocycles. The summed E-state index contributed by atoms with van der Waals surface area (Å²) in [6.45, 7) is 6.50. The standard InChI is InChI=1S/C55H107NO5/c1-4-7-10-13-16-19-22-24-25-26-27-28-29-30-33-36-39-42-45-48-55(60)61-51(46-43-40-37-34-32-23-20-17-14-11-8-5-2)49-54(59)56-52(50-57)53(58)47-44-41-38-35-31-21-18-15-12-9-6-3/h24-25,51-53,57-58H,4-23,26-50H2,1-3H3,(H,56,59)/b25-24+. The van der Waals surface area contributed by atoms with E-state index >= 15 is 0 Å². The first-order valence-corrected chi connectivity index (χ1v) is 27.4. The van der Waals surface area contributed by atoms with Crippen LogP contribution < -0.4 is 5.32 Å². The molecular formula is C55H107NO5. The minimum atomic E-state index is -0.781. The predicted molar refractivity (Wildman–Crippen MR) is 264 cm³/mol. The van der Waals surface area contributed by atoms with E-state index in [1.165, 1.54) is 212 Å². The number of nitrogens with one attached hydrogen (secondary N) is 1. The molecule has 6 nitrogen and oxygen atoms in total. The van der Waals surface area contributed by atoms with Crippen LogP contribution in [0.2, 0.25) is 0 Å². The molecule has 0 aliphatic carbocycles. The van der Waals surface area contributed by atoms with E-state index in [9.17, 15) is 19.8 Å². The molecule has 0 aliphatic heterocycles. The van der Waals surface area contributed by atoms with E-state index in [1.54, 1.807) is 0 Å². The van der Waals surface area contributed by atoms with Crippen LogP contribution in [0.4, 0.5) is 0 Å². The number of amides is 1. The lowest BCUT2D eigenvalue weighted by Gasteiger charge is -2.24. The molecule has 61 heavy (non-hydrogen) atoms. The summed E-state index contributed by atoms with van der Waals surface area (Å²) in [6.07, 6.45) is 55.6. The van der Waals surface area contributed by atoms with Gasteiger partial charge in [-0.15, -0.1) is 0 Å². The van der Waals surface area contributed by atoms with Crippen molar-refractivity contribution in [3.63, 3.8) is 0 Å². The maximum absolute atomic E-state index is 13.2. The highest BCUT2D eigenvalue weighted by molar-refractivity contribution is 5.77. The lowest BCUT2D eigenvalue weighted by atomic mass is 10.0. The molecular weight excluding hydrogens is 755 g/mol. The maximum Gasteiger partial charge on any atom is 0.306 e. The van der Waals surface area contributed by atoms with E-state index in [1.807, 2.05) is 0 Å². The second-order valence-electron chi connectivity index (χ2n) is 19.0. The van der Waals surface area contributed by atoms with E-state index in [-0.39, 0.29) is 24.9 Å². The molecule has 0 heterocycles. The summed E-state index contributed by atoms with van der Waals surface area (Å²) in [5, 5.41) is 23.8. The van der Waals surface area contributed by atoms with Gasteiger partial charge < -0.3 is 20.3 Å². The molecule has 1 amide bonds. The summed E-state index contributed by atoms with van der Waals surface area (Å²) >= 11 is 0. The van der Waals surface area contributed by atoms with Crippen molar-refractivity contribution in [2.75, 3.05) is 6.61 Å². The number of carbonyl (C=O) groups is 2. The highest BCUT2D eigenvalue weighted by Crippen LogP contribution is 2.19. The van der Waals surface area contributed by atoms with Gasteiger partial charge in [0, 0.05) is 6.42 Å². The third kappa shape index (κ3) is 45.0. The zero-order valence-electron chi connectivity index (χ0n) is 41.3. The van der Waals surface area contributed by atoms with Gasteiger partial charge in [0.1, 0.15) is 6.10 Å². The quantitative estimate of drug-likeness (QED) is 0.0322. The number of hydrogen-bond acceptors (Lipinski definition) is 5. The van der Waals surface area contributed by atoms with Crippen LogP contribution in [0.25, 0.3) is 0 Å². The number of ether oxygens (including phenoxy) is 1. The van der Waals surface area contributed by atoms with E-state index in [0.29, 0.717) is 19.3 Å². The minimum Gasteiger partial charge on any atom is -0.462 e. The Morgan fingerprint density at radius 2 is 0.787 bits per heavy atom. The first-order valence-electron chi connectivity index (χ1n) is 27.4. The van der Waals surface area contributed by atoms with Crippen molar-refractivity contribution in [3.05, 3.63) is 12.2 Å². The van der Waals surface area contributed by atoms with Gasteiger partial charge in [-0.25, -0.2) is 0 Å². The van der Waals surface area contributed by atoms with Crippen LogP contribution in [0.5, 0.6) is 0 Å². The molecule has 3 atom stereocenters. The summed E-state index contributed by atoms with van der Waals surface area (Å²) in [4.78, 5) is 26.2. The average molecular weight is 862 g/mol. The Kier molecular flexibility index (Phi) is 48.5. The van der Waals surface area contributed by atoms with Gasteiger partial charge in [-0.05, 0) is 51.4 Å². The van der Waals surface area contributed by atoms with E-state index < -0.39 is 18.2 Å². The number of aliphatic hydroxyl groups is 2. The van der Waals surface area contributed by atoms with Crippen molar-refractivity contribution in [1.29, 1.82) is 0 Å². The van der Waals surface area contributed by atoms with Crippen molar-refractivity contribution in [3.8, 4) is 0 Å². The third-order valence-electron chi connectivity index (χ3n) is 12.8. The zero-order valence-corrected chi connectivity index (χ0v) is 41.3. The van der Waals surface area contributed by atoms with Gasteiger partial charge in [-0.1, -0.05) is 251 Å². The molecule has 3 N–H and O–H groups in total. The molecule has 362 valence electrons. The first-order chi connectivity index (χ1) is 30.0. The van der Waals surface area contributed by atoms with Crippen LogP contribution in [0, 0.1) is 0 Å². The number of unbranched alkanes of at least 4 members (excludes halogenated alkanes) is 36. The van der Waals surface area contributed by atoms with Crippen molar-refractivity contribution < 1.29 is 24.5 Å². The fraction of sp³-hybridized carbons (Fsp3) is 0.927. The Bertz CT molecular complexity index is 924. The highest BCUT2D eigenvalue weighted by Gasteiger charge is 2.24. The summed E-state index contributed by atoms with van der Waals surface area (Å²) in [7, 11) is 0. The lowest BCUT2D eigenvalue weighted by molar-refractivity contribution is -0.151. The molecule has 0 aromatic rings. The van der Waals surface area contributed by atoms with Gasteiger partial charge >= 0.3 is 5.97 Å². The molecule has 0 saturated heterocycles. The third-order valence-corrected chi connectivity index (χ3v) is 12.8. The maximum atomic E-state index is 13.2. The number of allylic oxidation sites excluding steroid dienone is 2. The van der Waals surface area contributed by atoms with Crippen molar-refractivity contribution in [1.82, 2.24) is 5.32 Å². The summed E-state index contributed by atoms with van der Waals surface area (Å²) < 4.78 is 5.95. The molecule has 0 aliphatic rings. The van der Waals surface area contributed by atoms with Gasteiger partial charge in [-0.2, -0.15) is 0 Å². The van der Waals surface area contributed by atoms with Gasteiger partial charge in [0.25, 0.3) is 0 Å². The van der Waals surface area contributed by atoms with Crippen LogP contribution in [0.3, 0.4) is 0 Å². The van der Waals surface area contributed by atoms with Crippen LogP contribution in [0.15, 0.2) is 12.2 Å². The Morgan fingerprint density at radius 3 is 1.16 bits per heavy atom. The number of carbonyl (C=O) groups excluding carboxylic acids is 2. The number of aliphatic hydroxyl groups excluding tert-OH is 2. The number of hydrogen-bond donors (Lipinski definition) is 3. The summed E-state index contributed by atoms with van der Waals surface area (Å²) in [5.41, 5.74) is 0. The molecule has 0 radical (unpaired) electrons. The van der Waals surface area contributed by atoms with Crippen LogP contribution in [-0.2, 0) is 14.3 Å². The van der Waals surface area contributed by atoms with Gasteiger partial charge in [0.2, 0.25) is 5.91 Å². The number of rotatable bonds is 50. The summed E-state index contributed by atoms with van der Waals surface area (Å²) in [6, 6.07) is -0.694. The first kappa shape index (κ1) is 59.6. The smallest absolute Gasteiger partial charge is 0.306 e. The number of esters is 1. The van der Waals surface area contributed by atoms with Gasteiger partial charge in [0.15, 0.2) is 0 Å². The molecule has 3 unspecified atom stereocenters. The predicted octanol–water partition coefficient (Wildman–Crippen LogP) is 16.5. The van der Waals surface area contributed by atoms with E-state index in [2.05, 4.69) is 38.2 Å². The molecule has 0 spiro atoms. The Hall–Kier alpha value is -1.40. The molecule has 0 rings (SSSR count). The molecule has 0 bridgehead atoms. The topological polar surface area (TPSA) is 95.9 Å². The second kappa shape index (κ2) is 49.6. The van der Waals surface area contributed by atoms with Crippen LogP contribution >= 0.6 is 0 Å².